The molecule has 3 N–H and O–H groups in total. The number of carbonyl (C=O) groups is 7. The van der Waals surface area contributed by atoms with E-state index in [2.05, 4.69) is 61.3 Å². The van der Waals surface area contributed by atoms with Crippen LogP contribution in [0.15, 0.2) is 82.2 Å². The van der Waals surface area contributed by atoms with E-state index in [9.17, 15) is 38.7 Å². The van der Waals surface area contributed by atoms with Gasteiger partial charge in [0, 0.05) is 112 Å². The molecule has 25 atom stereocenters. The SMILES string of the molecule is CC[C@@H](O)[C@@]1(C)OC(=O)N(CCCCN=[N+]=[N-])[C@@H]1[C@@H](C)NC[C@H](C)C[C@@](C)(OC)[C@H](O[C@@H]1O[C@H](COC(=O)c2ccccc2)CC(N(C)C)[C@H]1C)[C@@H](C)C1=C(C)C(=O)OC(C)(C)O1.CC[C@H]1OC(=O)[C@H](C)C(=O)[C@H](C)[C@@H](O[C@@H]2O[C@H](COC(=O)c3ccccc3)CC(N(C)C)[C@H]2C)[C@](C)(OC)C[C@@H](C)CN[C@H](C)[C@H]2N(CCCCN=[N+]=[N-])C(=O)O[C@]12C. The molecule has 5 saturated heterocycles. The van der Waals surface area contributed by atoms with E-state index in [1.165, 1.54) is 6.92 Å². The maximum absolute atomic E-state index is 14.5. The summed E-state index contributed by atoms with van der Waals surface area (Å²) in [6.07, 6.45) is -1.72. The number of fused-ring (bicyclic) bond motifs is 1. The molecule has 0 aromatic heterocycles. The predicted molar refractivity (Wildman–Crippen MR) is 457 cm³/mol. The second kappa shape index (κ2) is 45.4. The van der Waals surface area contributed by atoms with Crippen LogP contribution in [0.4, 0.5) is 9.59 Å². The van der Waals surface area contributed by atoms with Crippen molar-refractivity contribution in [3.63, 3.8) is 0 Å². The molecule has 5 fully saturated rings. The Hall–Kier alpha value is -7.75. The predicted octanol–water partition coefficient (Wildman–Crippen LogP) is 13.1. The Morgan fingerprint density at radius 3 is 1.77 bits per heavy atom. The lowest BCUT2D eigenvalue weighted by Gasteiger charge is -2.48. The topological polar surface area (TPSA) is 394 Å². The van der Waals surface area contributed by atoms with Crippen molar-refractivity contribution in [2.24, 2.45) is 51.7 Å². The van der Waals surface area contributed by atoms with Crippen LogP contribution in [-0.2, 0) is 76.0 Å². The van der Waals surface area contributed by atoms with Crippen LogP contribution in [0.5, 0.6) is 0 Å². The van der Waals surface area contributed by atoms with Gasteiger partial charge in [-0.05, 0) is 208 Å². The van der Waals surface area contributed by atoms with Crippen molar-refractivity contribution in [3.05, 3.63) is 104 Å². The highest BCUT2D eigenvalue weighted by Crippen LogP contribution is 2.45. The van der Waals surface area contributed by atoms with Crippen LogP contribution >= 0.6 is 0 Å². The summed E-state index contributed by atoms with van der Waals surface area (Å²) >= 11 is 0. The number of rotatable bonds is 36. The number of amides is 2. The molecule has 2 aromatic carbocycles. The number of ether oxygens (including phenoxy) is 13. The molecule has 33 nitrogen and oxygen atoms in total. The number of carbonyl (C=O) groups excluding carboxylic acids is 7. The molecule has 0 bridgehead atoms. The first-order valence-electron chi connectivity index (χ1n) is 43.6. The summed E-state index contributed by atoms with van der Waals surface area (Å²) in [5, 5.41) is 25.7. The lowest BCUT2D eigenvalue weighted by atomic mass is 9.78. The first-order valence-corrected chi connectivity index (χ1v) is 43.6. The molecule has 0 radical (unpaired) electrons. The van der Waals surface area contributed by atoms with E-state index in [1.54, 1.807) is 114 Å². The van der Waals surface area contributed by atoms with Gasteiger partial charge in [-0.15, -0.1) is 0 Å². The summed E-state index contributed by atoms with van der Waals surface area (Å²) in [5.74, 6) is -6.21. The molecular formula is C89H142N12O21. The monoisotopic (exact) mass is 1720 g/mol. The molecule has 2 aromatic rings. The fourth-order valence-corrected chi connectivity index (χ4v) is 18.9. The minimum atomic E-state index is -1.24. The van der Waals surface area contributed by atoms with Crippen molar-refractivity contribution in [2.45, 2.75) is 302 Å². The zero-order valence-electron chi connectivity index (χ0n) is 76.7. The van der Waals surface area contributed by atoms with Crippen LogP contribution in [0.2, 0.25) is 0 Å². The van der Waals surface area contributed by atoms with Crippen LogP contribution in [0.3, 0.4) is 0 Å². The van der Waals surface area contributed by atoms with Crippen molar-refractivity contribution >= 4 is 41.8 Å². The number of ketones is 1. The number of aliphatic hydroxyl groups excluding tert-OH is 1. The third-order valence-electron chi connectivity index (χ3n) is 25.7. The highest BCUT2D eigenvalue weighted by molar-refractivity contribution is 6.00. The Morgan fingerprint density at radius 2 is 1.26 bits per heavy atom. The first-order chi connectivity index (χ1) is 57.5. The number of azide groups is 2. The van der Waals surface area contributed by atoms with E-state index in [0.717, 1.165) is 0 Å². The maximum Gasteiger partial charge on any atom is 0.410 e. The van der Waals surface area contributed by atoms with Gasteiger partial charge in [-0.2, -0.15) is 0 Å². The summed E-state index contributed by atoms with van der Waals surface area (Å²) in [4.78, 5) is 108. The van der Waals surface area contributed by atoms with E-state index in [0.29, 0.717) is 126 Å². The van der Waals surface area contributed by atoms with Gasteiger partial charge in [0.25, 0.3) is 0 Å². The van der Waals surface area contributed by atoms with Crippen LogP contribution in [0.25, 0.3) is 20.9 Å². The maximum atomic E-state index is 14.5. The minimum Gasteiger partial charge on any atom is -0.459 e. The van der Waals surface area contributed by atoms with Crippen LogP contribution in [-0.4, -0.2) is 275 Å². The molecule has 6 aliphatic heterocycles. The molecule has 0 saturated carbocycles. The van der Waals surface area contributed by atoms with E-state index in [1.807, 2.05) is 95.7 Å². The van der Waals surface area contributed by atoms with Crippen molar-refractivity contribution in [3.8, 4) is 0 Å². The Balaban J connectivity index is 0.000000336. The normalized spacial score (nSPS) is 32.0. The molecule has 33 heteroatoms. The van der Waals surface area contributed by atoms with Crippen LogP contribution < -0.4 is 10.6 Å². The number of methoxy groups -OCH3 is 2. The largest absolute Gasteiger partial charge is 0.459 e. The first kappa shape index (κ1) is 101. The molecule has 0 aliphatic carbocycles. The number of nitrogens with one attached hydrogen (secondary N) is 2. The fourth-order valence-electron chi connectivity index (χ4n) is 18.9. The zero-order chi connectivity index (χ0) is 90.5. The number of hydrogen-bond acceptors (Lipinski definition) is 27. The number of hydrogen-bond donors (Lipinski definition) is 3. The van der Waals surface area contributed by atoms with Crippen molar-refractivity contribution < 1.29 is 100 Å². The van der Waals surface area contributed by atoms with Gasteiger partial charge in [-0.25, -0.2) is 24.0 Å². The summed E-state index contributed by atoms with van der Waals surface area (Å²) in [6.45, 7) is 36.2. The average molecular weight is 1720 g/mol. The highest BCUT2D eigenvalue weighted by atomic mass is 16.7. The second-order valence-corrected chi connectivity index (χ2v) is 36.1. The lowest BCUT2D eigenvalue weighted by molar-refractivity contribution is -0.290. The van der Waals surface area contributed by atoms with Gasteiger partial charge in [-0.1, -0.05) is 102 Å². The molecule has 2 amide bonds. The smallest absolute Gasteiger partial charge is 0.410 e. The lowest BCUT2D eigenvalue weighted by Crippen LogP contribution is -2.61. The third kappa shape index (κ3) is 25.3. The summed E-state index contributed by atoms with van der Waals surface area (Å²) < 4.78 is 81.9. The van der Waals surface area contributed by atoms with Crippen molar-refractivity contribution in [1.82, 2.24) is 30.2 Å². The zero-order valence-corrected chi connectivity index (χ0v) is 76.7. The number of Topliss-reactive ketones (excluding diaryl/α,β-unsaturated/α-hetero) is 1. The van der Waals surface area contributed by atoms with Gasteiger partial charge in [-0.3, -0.25) is 19.4 Å². The Bertz CT molecular complexity index is 3890. The van der Waals surface area contributed by atoms with E-state index >= 15 is 0 Å². The third-order valence-corrected chi connectivity index (χ3v) is 25.7. The Morgan fingerprint density at radius 1 is 0.738 bits per heavy atom. The summed E-state index contributed by atoms with van der Waals surface area (Å²) in [6, 6.07) is 16.0. The minimum absolute atomic E-state index is 0.00770. The molecule has 6 heterocycles. The molecular weight excluding hydrogens is 1570 g/mol. The van der Waals surface area contributed by atoms with Crippen LogP contribution in [0.1, 0.15) is 210 Å². The number of aliphatic hydroxyl groups is 1. The Labute approximate surface area is 722 Å². The number of benzene rings is 2. The molecule has 122 heavy (non-hydrogen) atoms. The molecule has 6 aliphatic rings. The van der Waals surface area contributed by atoms with Crippen molar-refractivity contribution in [2.75, 3.05) is 94.9 Å². The van der Waals surface area contributed by atoms with Crippen molar-refractivity contribution in [1.29, 1.82) is 0 Å². The number of nitrogens with zero attached hydrogens (tertiary/aromatic N) is 10. The molecule has 8 rings (SSSR count). The van der Waals surface area contributed by atoms with E-state index in [4.69, 9.17) is 72.6 Å². The highest BCUT2D eigenvalue weighted by Gasteiger charge is 2.60. The average Bonchev–Trinajstić information content (AvgIpc) is 1.57. The summed E-state index contributed by atoms with van der Waals surface area (Å²) in [5.41, 5.74) is 14.2. The van der Waals surface area contributed by atoms with Gasteiger partial charge in [0.1, 0.15) is 31.0 Å². The number of unbranched alkanes of at least 4 members (excludes halogenated alkanes) is 2. The van der Waals surface area contributed by atoms with E-state index < -0.39 is 143 Å². The Kier molecular flexibility index (Phi) is 37.7. The van der Waals surface area contributed by atoms with Gasteiger partial charge >= 0.3 is 36.1 Å². The van der Waals surface area contributed by atoms with Gasteiger partial charge < -0.3 is 87.1 Å². The molecule has 0 spiro atoms. The van der Waals surface area contributed by atoms with Gasteiger partial charge in [0.15, 0.2) is 29.6 Å². The van der Waals surface area contributed by atoms with Gasteiger partial charge in [0.05, 0.1) is 70.5 Å². The standard InChI is InChI=1S/C46H74N6O11.C43H68N6O10/c1-14-36(53)46(10)38(52(43(56)63-46)23-19-18-22-49-50-47)32(6)48-26-28(2)25-45(9,57-13)39(30(4)37-31(5)40(54)62-44(7,8)61-37)60-42-29(3)35(51(11)12)24-34(59-42)27-58-41(55)33-20-16-15-17-21-33;1-12-34-43(8)36(49(41(53)59-43)21-17-16-20-46-47-44)30(6)45-24-26(2)23-42(7,54-11)37(28(4)35(50)29(5)38(51)57-34)58-40-27(3)33(48(9)10)22-32(56-40)25-55-39(52)31-18-14-13-15-19-31/h15-17,20-21,28-30,32,34-36,38-39,42,48,53H,14,18-19,22-27H2,1-13H3;13-15,18-19,26-30,32-34,36-37,40,45H,12,16-17,20-25H2,1-11H3/t28-,29-,30+,32-,34+,35?,36-,38-,39-,42+,45-,46-;26-,27-,28+,29-,30-,32+,33?,34-,36-,37-,40+,42-,43-/m11/s1. The quantitative estimate of drug-likeness (QED) is 0.0108. The van der Waals surface area contributed by atoms with E-state index in [-0.39, 0.29) is 66.8 Å². The second-order valence-electron chi connectivity index (χ2n) is 36.1. The van der Waals surface area contributed by atoms with Crippen LogP contribution in [0, 0.1) is 41.4 Å². The molecule has 2 unspecified atom stereocenters. The number of esters is 4. The summed E-state index contributed by atoms with van der Waals surface area (Å²) in [7, 11) is 11.2. The number of cyclic esters (lactones) is 3. The molecule has 684 valence electrons. The van der Waals surface area contributed by atoms with Gasteiger partial charge in [0.2, 0.25) is 5.79 Å². The fraction of sp³-hybridized carbons (Fsp3) is 0.764.